The van der Waals surface area contributed by atoms with Crippen LogP contribution in [0.4, 0.5) is 0 Å². The number of methoxy groups -OCH3 is 1. The molecule has 2 unspecified atom stereocenters. The van der Waals surface area contributed by atoms with Crippen molar-refractivity contribution in [2.75, 3.05) is 33.3 Å². The zero-order chi connectivity index (χ0) is 32.1. The van der Waals surface area contributed by atoms with E-state index in [4.69, 9.17) is 8.56 Å². The quantitative estimate of drug-likeness (QED) is 0.209. The van der Waals surface area contributed by atoms with Crippen molar-refractivity contribution in [2.45, 2.75) is 64.8 Å². The van der Waals surface area contributed by atoms with E-state index in [1.165, 1.54) is 23.6 Å². The molecule has 1 saturated heterocycles. The number of aryl methyl sites for hydroxylation is 2. The molecule has 1 heterocycles. The second-order valence-electron chi connectivity index (χ2n) is 12.6. The summed E-state index contributed by atoms with van der Waals surface area (Å²) in [5.41, 5.74) is 8.46. The van der Waals surface area contributed by atoms with Crippen LogP contribution in [0.25, 0.3) is 0 Å². The number of amides is 1. The van der Waals surface area contributed by atoms with Crippen molar-refractivity contribution in [1.82, 2.24) is 15.3 Å². The van der Waals surface area contributed by atoms with Gasteiger partial charge in [0.05, 0.1) is 0 Å². The summed E-state index contributed by atoms with van der Waals surface area (Å²) in [5.74, 6) is 0.821. The van der Waals surface area contributed by atoms with Gasteiger partial charge in [-0.05, 0) is 54.4 Å². The van der Waals surface area contributed by atoms with Crippen LogP contribution in [0.1, 0.15) is 55.0 Å². The number of benzene rings is 2. The summed E-state index contributed by atoms with van der Waals surface area (Å²) in [6.45, 7) is 13.3. The largest absolute Gasteiger partial charge is 0.507 e. The maximum absolute atomic E-state index is 13.5. The number of rotatable bonds is 8. The first-order valence-electron chi connectivity index (χ1n) is 15.0. The topological polar surface area (TPSA) is 121 Å². The molecular weight excluding hydrogens is 625 g/mol. The molecule has 2 aromatic carbocycles. The zero-order valence-electron chi connectivity index (χ0n) is 26.6. The van der Waals surface area contributed by atoms with Crippen molar-refractivity contribution >= 4 is 20.1 Å². The molecule has 0 saturated carbocycles. The number of carbonyl (C=O) groups is 1. The number of fused-ring (bicyclic) bond motifs is 1. The smallest absolute Gasteiger partial charge is 0.121 e. The Kier molecular flexibility index (Phi) is 10.9. The van der Waals surface area contributed by atoms with Crippen LogP contribution in [0.3, 0.4) is 0 Å². The summed E-state index contributed by atoms with van der Waals surface area (Å²) in [6.07, 6.45) is 9.65. The first-order valence-corrected chi connectivity index (χ1v) is 18.2. The van der Waals surface area contributed by atoms with E-state index in [0.717, 1.165) is 49.4 Å². The normalized spacial score (nSPS) is 22.4. The van der Waals surface area contributed by atoms with Gasteiger partial charge in [0.15, 0.2) is 0 Å². The first kappa shape index (κ1) is 34.0. The zero-order valence-corrected chi connectivity index (χ0v) is 28.5. The predicted octanol–water partition coefficient (Wildman–Crippen LogP) is 4.67. The van der Waals surface area contributed by atoms with Gasteiger partial charge in [-0.15, -0.1) is 0 Å². The number of allylic oxidation sites excluding steroid dienone is 2. The summed E-state index contributed by atoms with van der Waals surface area (Å²) in [7, 11) is 1.65. The second kappa shape index (κ2) is 14.1. The van der Waals surface area contributed by atoms with Crippen molar-refractivity contribution in [3.63, 3.8) is 0 Å². The molecule has 1 aliphatic heterocycles. The third-order valence-electron chi connectivity index (χ3n) is 8.62. The van der Waals surface area contributed by atoms with Crippen LogP contribution in [0.2, 0.25) is 0 Å². The Morgan fingerprint density at radius 1 is 1.05 bits per heavy atom. The number of piperazine rings is 1. The molecule has 3 aliphatic rings. The van der Waals surface area contributed by atoms with E-state index < -0.39 is 24.4 Å². The summed E-state index contributed by atoms with van der Waals surface area (Å²) >= 11 is -4.93. The van der Waals surface area contributed by atoms with E-state index in [0.29, 0.717) is 30.7 Å². The Morgan fingerprint density at radius 3 is 2.36 bits per heavy atom. The number of hydrogen-bond acceptors (Lipinski definition) is 9. The summed E-state index contributed by atoms with van der Waals surface area (Å²) in [4.78, 5) is 15.6. The molecule has 10 nitrogen and oxygen atoms in total. The van der Waals surface area contributed by atoms with E-state index in [1.54, 1.807) is 19.3 Å². The SMILES string of the molecule is COc1cccc(CN2CCN(C3([As](=O)(OO)ONC(C)=O)C=CC=CC3)CC2)c1.Cc1cc(C)c2c(c1O)CC(C)(C)C2. The molecule has 2 aromatic rings. The number of nitrogens with zero attached hydrogens (tertiary/aromatic N) is 2. The monoisotopic (exact) mass is 671 g/mol. The average Bonchev–Trinajstić information content (AvgIpc) is 3.36. The predicted molar refractivity (Wildman–Crippen MR) is 169 cm³/mol. The molecule has 2 aliphatic carbocycles. The Balaban J connectivity index is 0.000000262. The summed E-state index contributed by atoms with van der Waals surface area (Å²) in [6, 6.07) is 10.0. The molecule has 0 radical (unpaired) electrons. The number of phenolic OH excluding ortho intramolecular Hbond substituents is 1. The van der Waals surface area contributed by atoms with Crippen molar-refractivity contribution < 1.29 is 31.3 Å². The summed E-state index contributed by atoms with van der Waals surface area (Å²) in [5, 5.41) is 19.5. The molecule has 0 bridgehead atoms. The van der Waals surface area contributed by atoms with Gasteiger partial charge in [-0.25, -0.2) is 0 Å². The van der Waals surface area contributed by atoms with Gasteiger partial charge in [0.1, 0.15) is 5.75 Å². The third-order valence-corrected chi connectivity index (χ3v) is 13.0. The number of ether oxygens (including phenoxy) is 1. The van der Waals surface area contributed by atoms with Gasteiger partial charge in [-0.3, -0.25) is 0 Å². The van der Waals surface area contributed by atoms with Crippen LogP contribution in [0, 0.1) is 19.3 Å². The van der Waals surface area contributed by atoms with Crippen molar-refractivity contribution in [3.05, 3.63) is 82.5 Å². The number of aromatic hydroxyl groups is 1. The summed E-state index contributed by atoms with van der Waals surface area (Å²) < 4.78 is 27.3. The van der Waals surface area contributed by atoms with Gasteiger partial charge in [0.25, 0.3) is 0 Å². The maximum Gasteiger partial charge on any atom is 0.121 e. The third kappa shape index (κ3) is 7.50. The van der Waals surface area contributed by atoms with E-state index in [1.807, 2.05) is 42.2 Å². The van der Waals surface area contributed by atoms with Crippen LogP contribution in [0.15, 0.2) is 54.6 Å². The van der Waals surface area contributed by atoms with E-state index in [2.05, 4.69) is 47.2 Å². The standard InChI is InChI=1S/C20H28AsN3O6.C13H18O/c1-17(25)22-29-21(26,30-27)20(9-4-3-5-10-20)24-13-11-23(12-14-24)16-18-7-6-8-19(15-18)28-2;1-8-5-9(2)12(14)11-7-13(3,4)6-10(8)11/h3-9,15,27H,10-14,16H2,1-2H3,(H,22,25);5,14H,6-7H2,1-4H3. The average molecular weight is 672 g/mol. The molecule has 5 rings (SSSR count). The minimum absolute atomic E-state index is 0.318. The molecule has 2 atom stereocenters. The van der Waals surface area contributed by atoms with Crippen molar-refractivity contribution in [3.8, 4) is 11.5 Å². The van der Waals surface area contributed by atoms with Gasteiger partial charge in [0, 0.05) is 0 Å². The number of nitrogens with one attached hydrogen (secondary N) is 1. The van der Waals surface area contributed by atoms with Gasteiger partial charge in [-0.1, -0.05) is 19.9 Å². The second-order valence-corrected chi connectivity index (χ2v) is 17.1. The molecule has 11 heteroatoms. The number of carbonyl (C=O) groups excluding carboxylic acids is 1. The maximum atomic E-state index is 13.5. The molecule has 0 aromatic heterocycles. The van der Waals surface area contributed by atoms with Crippen LogP contribution < -0.4 is 10.2 Å². The van der Waals surface area contributed by atoms with Gasteiger partial charge in [0.2, 0.25) is 0 Å². The van der Waals surface area contributed by atoms with Gasteiger partial charge in [-0.2, -0.15) is 0 Å². The van der Waals surface area contributed by atoms with Crippen LogP contribution in [0.5, 0.6) is 11.5 Å². The van der Waals surface area contributed by atoms with E-state index in [-0.39, 0.29) is 0 Å². The fourth-order valence-electron chi connectivity index (χ4n) is 6.38. The fourth-order valence-corrected chi connectivity index (χ4v) is 10.00. The van der Waals surface area contributed by atoms with Crippen LogP contribution >= 0.6 is 0 Å². The molecule has 0 spiro atoms. The molecule has 44 heavy (non-hydrogen) atoms. The molecule has 3 N–H and O–H groups in total. The minimum atomic E-state index is -4.93. The number of hydroxylamine groups is 1. The van der Waals surface area contributed by atoms with E-state index in [9.17, 15) is 18.9 Å². The van der Waals surface area contributed by atoms with Crippen LogP contribution in [-0.4, -0.2) is 77.9 Å². The Hall–Kier alpha value is -2.85. The number of hydrogen-bond donors (Lipinski definition) is 3. The fraction of sp³-hybridized carbons (Fsp3) is 0.485. The molecule has 240 valence electrons. The van der Waals surface area contributed by atoms with E-state index >= 15 is 0 Å². The molecule has 1 fully saturated rings. The van der Waals surface area contributed by atoms with Crippen LogP contribution in [-0.2, 0) is 35.6 Å². The van der Waals surface area contributed by atoms with Gasteiger partial charge >= 0.3 is 179 Å². The van der Waals surface area contributed by atoms with Gasteiger partial charge < -0.3 is 5.11 Å². The minimum Gasteiger partial charge on any atom is -0.507 e. The Labute approximate surface area is 263 Å². The van der Waals surface area contributed by atoms with Crippen molar-refractivity contribution in [1.29, 1.82) is 0 Å². The molecular formula is C33H46AsN3O7. The van der Waals surface area contributed by atoms with Crippen molar-refractivity contribution in [2.24, 2.45) is 5.41 Å². The first-order chi connectivity index (χ1) is 20.8. The Morgan fingerprint density at radius 2 is 1.75 bits per heavy atom. The number of phenols is 1. The Bertz CT molecular complexity index is 1450. The molecule has 1 amide bonds.